The highest BCUT2D eigenvalue weighted by molar-refractivity contribution is 5.65. The molecule has 0 aliphatic heterocycles. The molecule has 2 atom stereocenters. The van der Waals surface area contributed by atoms with Crippen molar-refractivity contribution < 1.29 is 5.11 Å². The van der Waals surface area contributed by atoms with Gasteiger partial charge in [-0.05, 0) is 60.8 Å². The highest BCUT2D eigenvalue weighted by atomic mass is 16.3. The van der Waals surface area contributed by atoms with Gasteiger partial charge in [0, 0.05) is 12.6 Å². The van der Waals surface area contributed by atoms with E-state index in [2.05, 4.69) is 52.7 Å². The van der Waals surface area contributed by atoms with E-state index in [0.29, 0.717) is 29.4 Å². The smallest absolute Gasteiger partial charge is 0.224 e. The van der Waals surface area contributed by atoms with Crippen molar-refractivity contribution >= 4 is 17.8 Å². The van der Waals surface area contributed by atoms with Crippen LogP contribution in [0.1, 0.15) is 61.8 Å². The number of nitriles is 2. The van der Waals surface area contributed by atoms with Crippen LogP contribution in [-0.2, 0) is 6.42 Å². The summed E-state index contributed by atoms with van der Waals surface area (Å²) in [7, 11) is 0. The van der Waals surface area contributed by atoms with Crippen molar-refractivity contribution in [2.75, 3.05) is 17.2 Å². The molecule has 0 spiro atoms. The van der Waals surface area contributed by atoms with Gasteiger partial charge in [0.2, 0.25) is 5.95 Å². The zero-order valence-corrected chi connectivity index (χ0v) is 18.5. The standard InChI is InChI=1S/C25H28N6O/c1-25(2)12-21(5-6-22(25)32)30-23-20(14-27)15-29-24(31-23)28-8-7-16-9-18-4-3-17(13-26)11-19(18)10-16/h3-4,10-11,15,21-22,32H,5-9,12H2,1-2H3,(H2,28,29,30,31)/t21-,22+/m1/s1. The van der Waals surface area contributed by atoms with Crippen LogP contribution in [0.4, 0.5) is 11.8 Å². The summed E-state index contributed by atoms with van der Waals surface area (Å²) >= 11 is 0. The summed E-state index contributed by atoms with van der Waals surface area (Å²) < 4.78 is 0. The average Bonchev–Trinajstić information content (AvgIpc) is 3.18. The van der Waals surface area contributed by atoms with Crippen molar-refractivity contribution in [1.29, 1.82) is 10.5 Å². The van der Waals surface area contributed by atoms with Crippen LogP contribution in [-0.4, -0.2) is 33.8 Å². The van der Waals surface area contributed by atoms with Crippen LogP contribution in [0.2, 0.25) is 0 Å². The predicted molar refractivity (Wildman–Crippen MR) is 124 cm³/mol. The Morgan fingerprint density at radius 2 is 2.06 bits per heavy atom. The maximum absolute atomic E-state index is 10.2. The van der Waals surface area contributed by atoms with Gasteiger partial charge in [0.05, 0.1) is 23.9 Å². The summed E-state index contributed by atoms with van der Waals surface area (Å²) in [6, 6.07) is 10.3. The van der Waals surface area contributed by atoms with Gasteiger partial charge in [0.1, 0.15) is 17.5 Å². The van der Waals surface area contributed by atoms with Crippen molar-refractivity contribution in [1.82, 2.24) is 9.97 Å². The maximum Gasteiger partial charge on any atom is 0.224 e. The van der Waals surface area contributed by atoms with Crippen LogP contribution in [0.15, 0.2) is 30.0 Å². The molecule has 7 nitrogen and oxygen atoms in total. The Morgan fingerprint density at radius 1 is 1.22 bits per heavy atom. The number of fused-ring (bicyclic) bond motifs is 1. The van der Waals surface area contributed by atoms with Crippen LogP contribution in [0, 0.1) is 28.1 Å². The van der Waals surface area contributed by atoms with E-state index in [-0.39, 0.29) is 17.6 Å². The van der Waals surface area contributed by atoms with Crippen molar-refractivity contribution in [3.63, 3.8) is 0 Å². The Balaban J connectivity index is 1.37. The Morgan fingerprint density at radius 3 is 2.81 bits per heavy atom. The van der Waals surface area contributed by atoms with Crippen LogP contribution in [0.25, 0.3) is 6.08 Å². The fraction of sp³-hybridized carbons (Fsp3) is 0.440. The van der Waals surface area contributed by atoms with E-state index in [1.165, 1.54) is 11.1 Å². The largest absolute Gasteiger partial charge is 0.393 e. The first-order valence-corrected chi connectivity index (χ1v) is 11.1. The second-order valence-corrected chi connectivity index (χ2v) is 9.38. The number of anilines is 2. The summed E-state index contributed by atoms with van der Waals surface area (Å²) in [5.41, 5.74) is 4.61. The predicted octanol–water partition coefficient (Wildman–Crippen LogP) is 4.01. The number of rotatable bonds is 6. The number of aliphatic hydroxyl groups is 1. The van der Waals surface area contributed by atoms with Gasteiger partial charge in [-0.25, -0.2) is 4.98 Å². The molecule has 0 unspecified atom stereocenters. The summed E-state index contributed by atoms with van der Waals surface area (Å²) in [5, 5.41) is 35.4. The molecule has 0 saturated heterocycles. The Hall–Kier alpha value is -3.42. The monoisotopic (exact) mass is 428 g/mol. The number of nitrogens with one attached hydrogen (secondary N) is 2. The van der Waals surface area contributed by atoms with E-state index in [9.17, 15) is 10.4 Å². The number of hydrogen-bond acceptors (Lipinski definition) is 7. The van der Waals surface area contributed by atoms with Gasteiger partial charge in [-0.2, -0.15) is 15.5 Å². The number of nitrogens with zero attached hydrogens (tertiary/aromatic N) is 4. The topological polar surface area (TPSA) is 118 Å². The third-order valence-corrected chi connectivity index (χ3v) is 6.49. The molecular weight excluding hydrogens is 400 g/mol. The van der Waals surface area contributed by atoms with Gasteiger partial charge in [0.25, 0.3) is 0 Å². The summed E-state index contributed by atoms with van der Waals surface area (Å²) in [6.07, 6.45) is 7.53. The van der Waals surface area contributed by atoms with Gasteiger partial charge in [-0.1, -0.05) is 31.6 Å². The van der Waals surface area contributed by atoms with Gasteiger partial charge in [0.15, 0.2) is 0 Å². The molecule has 0 radical (unpaired) electrons. The minimum Gasteiger partial charge on any atom is -0.393 e. The van der Waals surface area contributed by atoms with Crippen LogP contribution >= 0.6 is 0 Å². The lowest BCUT2D eigenvalue weighted by atomic mass is 9.73. The first-order valence-electron chi connectivity index (χ1n) is 11.1. The first kappa shape index (κ1) is 21.8. The van der Waals surface area contributed by atoms with E-state index in [1.54, 1.807) is 6.20 Å². The minimum absolute atomic E-state index is 0.156. The number of hydrogen-bond donors (Lipinski definition) is 3. The summed E-state index contributed by atoms with van der Waals surface area (Å²) in [5.74, 6) is 1.03. The van der Waals surface area contributed by atoms with Gasteiger partial charge in [-0.3, -0.25) is 0 Å². The van der Waals surface area contributed by atoms with Crippen molar-refractivity contribution in [3.8, 4) is 12.1 Å². The molecule has 4 rings (SSSR count). The summed E-state index contributed by atoms with van der Waals surface area (Å²) in [6.45, 7) is 4.82. The van der Waals surface area contributed by atoms with Gasteiger partial charge < -0.3 is 15.7 Å². The second-order valence-electron chi connectivity index (χ2n) is 9.38. The molecule has 0 amide bonds. The Bertz CT molecular complexity index is 1120. The van der Waals surface area contributed by atoms with E-state index in [4.69, 9.17) is 5.26 Å². The van der Waals surface area contributed by atoms with Crippen LogP contribution < -0.4 is 10.6 Å². The normalized spacial score (nSPS) is 21.1. The lowest BCUT2D eigenvalue weighted by Crippen LogP contribution is -2.41. The number of aliphatic hydroxyl groups excluding tert-OH is 1. The highest BCUT2D eigenvalue weighted by Crippen LogP contribution is 2.37. The molecule has 1 heterocycles. The summed E-state index contributed by atoms with van der Waals surface area (Å²) in [4.78, 5) is 8.85. The third-order valence-electron chi connectivity index (χ3n) is 6.49. The lowest BCUT2D eigenvalue weighted by Gasteiger charge is -2.40. The molecule has 1 aromatic carbocycles. The quantitative estimate of drug-likeness (QED) is 0.636. The molecule has 7 heteroatoms. The van der Waals surface area contributed by atoms with Gasteiger partial charge in [-0.15, -0.1) is 0 Å². The van der Waals surface area contributed by atoms with E-state index in [0.717, 1.165) is 37.7 Å². The fourth-order valence-corrected chi connectivity index (χ4v) is 4.57. The minimum atomic E-state index is -0.305. The highest BCUT2D eigenvalue weighted by Gasteiger charge is 2.35. The molecule has 2 aliphatic carbocycles. The molecule has 164 valence electrons. The van der Waals surface area contributed by atoms with E-state index >= 15 is 0 Å². The SMILES string of the molecule is CC1(C)C[C@H](Nc2nc(NCCC3=Cc4cc(C#N)ccc4C3)ncc2C#N)CC[C@@H]1O. The molecule has 1 fully saturated rings. The maximum atomic E-state index is 10.2. The van der Waals surface area contributed by atoms with Gasteiger partial charge >= 0.3 is 0 Å². The van der Waals surface area contributed by atoms with Crippen LogP contribution in [0.5, 0.6) is 0 Å². The molecule has 1 aromatic heterocycles. The zero-order valence-electron chi connectivity index (χ0n) is 18.5. The fourth-order valence-electron chi connectivity index (χ4n) is 4.57. The van der Waals surface area contributed by atoms with E-state index < -0.39 is 0 Å². The number of benzene rings is 1. The Kier molecular flexibility index (Phi) is 6.12. The Labute approximate surface area is 188 Å². The average molecular weight is 429 g/mol. The molecule has 3 N–H and O–H groups in total. The van der Waals surface area contributed by atoms with E-state index in [1.807, 2.05) is 18.2 Å². The second kappa shape index (κ2) is 8.98. The third kappa shape index (κ3) is 4.74. The van der Waals surface area contributed by atoms with Crippen molar-refractivity contribution in [3.05, 3.63) is 52.2 Å². The lowest BCUT2D eigenvalue weighted by molar-refractivity contribution is 0.00926. The molecule has 1 saturated carbocycles. The van der Waals surface area contributed by atoms with Crippen molar-refractivity contribution in [2.24, 2.45) is 5.41 Å². The molecule has 2 aliphatic rings. The first-order chi connectivity index (χ1) is 15.4. The number of aromatic nitrogens is 2. The molecule has 32 heavy (non-hydrogen) atoms. The molecule has 2 aromatic rings. The zero-order chi connectivity index (χ0) is 22.7. The molecular formula is C25H28N6O. The van der Waals surface area contributed by atoms with Crippen molar-refractivity contribution in [2.45, 2.75) is 58.1 Å². The van der Waals surface area contributed by atoms with Crippen LogP contribution in [0.3, 0.4) is 0 Å². The molecule has 0 bridgehead atoms.